The Balaban J connectivity index is 1.96. The zero-order valence-electron chi connectivity index (χ0n) is 11.1. The van der Waals surface area contributed by atoms with Crippen LogP contribution in [0.25, 0.3) is 0 Å². The van der Waals surface area contributed by atoms with E-state index in [0.29, 0.717) is 0 Å². The van der Waals surface area contributed by atoms with E-state index >= 15 is 0 Å². The monoisotopic (exact) mass is 257 g/mol. The molecule has 0 aliphatic carbocycles. The molecule has 0 aliphatic heterocycles. The van der Waals surface area contributed by atoms with Crippen molar-refractivity contribution >= 4 is 5.69 Å². The summed E-state index contributed by atoms with van der Waals surface area (Å²) in [6.07, 6.45) is 2.53. The second-order valence-electron chi connectivity index (χ2n) is 4.86. The topological polar surface area (TPSA) is 66.5 Å². The van der Waals surface area contributed by atoms with E-state index in [9.17, 15) is 10.2 Å². The van der Waals surface area contributed by atoms with Crippen LogP contribution in [-0.2, 0) is 12.8 Å². The van der Waals surface area contributed by atoms with Gasteiger partial charge in [-0.15, -0.1) is 0 Å². The molecule has 4 N–H and O–H groups in total. The summed E-state index contributed by atoms with van der Waals surface area (Å²) in [5, 5.41) is 19.1. The Morgan fingerprint density at radius 2 is 1.79 bits per heavy atom. The van der Waals surface area contributed by atoms with Crippen molar-refractivity contribution in [2.45, 2.75) is 26.2 Å². The van der Waals surface area contributed by atoms with Crippen molar-refractivity contribution in [1.82, 2.24) is 0 Å². The second-order valence-corrected chi connectivity index (χ2v) is 4.86. The van der Waals surface area contributed by atoms with Crippen molar-refractivity contribution in [3.05, 3.63) is 53.1 Å². The molecular formula is C16H19NO2. The van der Waals surface area contributed by atoms with Gasteiger partial charge in [0.15, 0.2) is 0 Å². The fourth-order valence-corrected chi connectivity index (χ4v) is 2.10. The van der Waals surface area contributed by atoms with E-state index in [-0.39, 0.29) is 11.5 Å². The smallest absolute Gasteiger partial charge is 0.119 e. The quantitative estimate of drug-likeness (QED) is 0.582. The molecule has 0 amide bonds. The lowest BCUT2D eigenvalue weighted by atomic mass is 10.0. The van der Waals surface area contributed by atoms with Crippen molar-refractivity contribution < 1.29 is 10.2 Å². The Bertz CT molecular complexity index is 579. The van der Waals surface area contributed by atoms with E-state index in [1.807, 2.05) is 19.1 Å². The highest BCUT2D eigenvalue weighted by Crippen LogP contribution is 2.24. The van der Waals surface area contributed by atoms with E-state index in [2.05, 4.69) is 6.07 Å². The van der Waals surface area contributed by atoms with E-state index in [4.69, 9.17) is 5.73 Å². The van der Waals surface area contributed by atoms with Crippen molar-refractivity contribution in [1.29, 1.82) is 0 Å². The first-order chi connectivity index (χ1) is 9.06. The summed E-state index contributed by atoms with van der Waals surface area (Å²) in [6.45, 7) is 1.99. The zero-order valence-corrected chi connectivity index (χ0v) is 11.1. The molecule has 0 radical (unpaired) electrons. The van der Waals surface area contributed by atoms with Crippen LogP contribution in [0.2, 0.25) is 0 Å². The van der Waals surface area contributed by atoms with Gasteiger partial charge in [-0.3, -0.25) is 0 Å². The van der Waals surface area contributed by atoms with Crippen molar-refractivity contribution in [2.24, 2.45) is 0 Å². The standard InChI is InChI=1S/C16H19NO2/c1-11-5-6-12(9-15(11)17)3-2-4-13-10-14(18)7-8-16(13)19/h5-10,18-19H,2-4,17H2,1H3. The molecule has 2 aromatic rings. The first-order valence-corrected chi connectivity index (χ1v) is 6.42. The summed E-state index contributed by atoms with van der Waals surface area (Å²) in [5.74, 6) is 0.425. The summed E-state index contributed by atoms with van der Waals surface area (Å²) in [6, 6.07) is 10.7. The van der Waals surface area contributed by atoms with Gasteiger partial charge in [0.1, 0.15) is 11.5 Å². The van der Waals surface area contributed by atoms with E-state index < -0.39 is 0 Å². The Kier molecular flexibility index (Phi) is 3.95. The number of anilines is 1. The van der Waals surface area contributed by atoms with Crippen molar-refractivity contribution in [3.8, 4) is 11.5 Å². The number of nitrogen functional groups attached to an aromatic ring is 1. The molecule has 19 heavy (non-hydrogen) atoms. The fraction of sp³-hybridized carbons (Fsp3) is 0.250. The maximum atomic E-state index is 9.68. The average molecular weight is 257 g/mol. The summed E-state index contributed by atoms with van der Waals surface area (Å²) >= 11 is 0. The Labute approximate surface area is 113 Å². The van der Waals surface area contributed by atoms with Gasteiger partial charge >= 0.3 is 0 Å². The van der Waals surface area contributed by atoms with Crippen LogP contribution in [0.15, 0.2) is 36.4 Å². The largest absolute Gasteiger partial charge is 0.508 e. The molecule has 0 spiro atoms. The predicted octanol–water partition coefficient (Wildman–Crippen LogP) is 3.16. The van der Waals surface area contributed by atoms with Gasteiger partial charge < -0.3 is 15.9 Å². The number of rotatable bonds is 4. The maximum Gasteiger partial charge on any atom is 0.119 e. The highest BCUT2D eigenvalue weighted by molar-refractivity contribution is 5.48. The minimum Gasteiger partial charge on any atom is -0.508 e. The molecule has 100 valence electrons. The average Bonchev–Trinajstić information content (AvgIpc) is 2.38. The van der Waals surface area contributed by atoms with Crippen LogP contribution in [0, 0.1) is 6.92 Å². The molecule has 2 aromatic carbocycles. The van der Waals surface area contributed by atoms with Crippen LogP contribution in [0.4, 0.5) is 5.69 Å². The molecule has 0 aromatic heterocycles. The van der Waals surface area contributed by atoms with Gasteiger partial charge in [-0.2, -0.15) is 0 Å². The highest BCUT2D eigenvalue weighted by atomic mass is 16.3. The normalized spacial score (nSPS) is 10.6. The third kappa shape index (κ3) is 3.41. The van der Waals surface area contributed by atoms with Crippen LogP contribution in [0.3, 0.4) is 0 Å². The lowest BCUT2D eigenvalue weighted by Crippen LogP contribution is -1.94. The number of nitrogens with two attached hydrogens (primary N) is 1. The molecule has 0 atom stereocenters. The van der Waals surface area contributed by atoms with Gasteiger partial charge in [0.25, 0.3) is 0 Å². The lowest BCUT2D eigenvalue weighted by Gasteiger charge is -2.07. The summed E-state index contributed by atoms with van der Waals surface area (Å²) in [7, 11) is 0. The number of aromatic hydroxyl groups is 2. The molecule has 0 aliphatic rings. The molecule has 0 saturated carbocycles. The molecule has 0 unspecified atom stereocenters. The van der Waals surface area contributed by atoms with Gasteiger partial charge in [0.05, 0.1) is 0 Å². The van der Waals surface area contributed by atoms with Gasteiger partial charge in [0.2, 0.25) is 0 Å². The minimum atomic E-state index is 0.187. The predicted molar refractivity (Wildman–Crippen MR) is 77.4 cm³/mol. The first-order valence-electron chi connectivity index (χ1n) is 6.42. The molecule has 0 saturated heterocycles. The summed E-state index contributed by atoms with van der Waals surface area (Å²) in [4.78, 5) is 0. The molecule has 2 rings (SSSR count). The van der Waals surface area contributed by atoms with Gasteiger partial charge in [-0.25, -0.2) is 0 Å². The van der Waals surface area contributed by atoms with Crippen LogP contribution < -0.4 is 5.73 Å². The van der Waals surface area contributed by atoms with Crippen LogP contribution in [-0.4, -0.2) is 10.2 Å². The van der Waals surface area contributed by atoms with Crippen LogP contribution in [0.5, 0.6) is 11.5 Å². The third-order valence-corrected chi connectivity index (χ3v) is 3.32. The molecule has 3 nitrogen and oxygen atoms in total. The number of hydrogen-bond donors (Lipinski definition) is 3. The van der Waals surface area contributed by atoms with E-state index in [1.165, 1.54) is 17.7 Å². The Morgan fingerprint density at radius 3 is 2.53 bits per heavy atom. The Hall–Kier alpha value is -2.16. The number of phenols is 2. The highest BCUT2D eigenvalue weighted by Gasteiger charge is 2.03. The van der Waals surface area contributed by atoms with E-state index in [0.717, 1.165) is 36.1 Å². The summed E-state index contributed by atoms with van der Waals surface area (Å²) < 4.78 is 0. The number of aryl methyl sites for hydroxylation is 3. The molecule has 0 bridgehead atoms. The number of benzene rings is 2. The number of hydrogen-bond acceptors (Lipinski definition) is 3. The molecule has 0 fully saturated rings. The SMILES string of the molecule is Cc1ccc(CCCc2cc(O)ccc2O)cc1N. The van der Waals surface area contributed by atoms with Gasteiger partial charge in [-0.05, 0) is 67.1 Å². The maximum absolute atomic E-state index is 9.68. The Morgan fingerprint density at radius 1 is 1.00 bits per heavy atom. The third-order valence-electron chi connectivity index (χ3n) is 3.32. The zero-order chi connectivity index (χ0) is 13.8. The van der Waals surface area contributed by atoms with Gasteiger partial charge in [0, 0.05) is 5.69 Å². The molecule has 3 heteroatoms. The van der Waals surface area contributed by atoms with Gasteiger partial charge in [-0.1, -0.05) is 12.1 Å². The van der Waals surface area contributed by atoms with Crippen molar-refractivity contribution in [2.75, 3.05) is 5.73 Å². The van der Waals surface area contributed by atoms with Crippen LogP contribution >= 0.6 is 0 Å². The van der Waals surface area contributed by atoms with E-state index in [1.54, 1.807) is 6.07 Å². The van der Waals surface area contributed by atoms with Crippen LogP contribution in [0.1, 0.15) is 23.1 Å². The fourth-order valence-electron chi connectivity index (χ4n) is 2.10. The van der Waals surface area contributed by atoms with Crippen molar-refractivity contribution in [3.63, 3.8) is 0 Å². The first kappa shape index (κ1) is 13.3. The second kappa shape index (κ2) is 5.65. The molecular weight excluding hydrogens is 238 g/mol. The lowest BCUT2D eigenvalue weighted by molar-refractivity contribution is 0.453. The minimum absolute atomic E-state index is 0.187. The summed E-state index contributed by atoms with van der Waals surface area (Å²) in [5.41, 5.74) is 9.76. The molecule has 0 heterocycles. The number of phenolic OH excluding ortho intramolecular Hbond substituents is 2.